The second kappa shape index (κ2) is 3.12. The van der Waals surface area contributed by atoms with E-state index in [1.54, 1.807) is 0 Å². The predicted octanol–water partition coefficient (Wildman–Crippen LogP) is -0.277. The van der Waals surface area contributed by atoms with Crippen LogP contribution in [0.2, 0.25) is 0 Å². The van der Waals surface area contributed by atoms with Crippen LogP contribution in [0.4, 0.5) is 0 Å². The van der Waals surface area contributed by atoms with Crippen LogP contribution in [0.5, 0.6) is 0 Å². The van der Waals surface area contributed by atoms with Crippen molar-refractivity contribution in [1.82, 2.24) is 30.6 Å². The Hall–Kier alpha value is -1.77. The van der Waals surface area contributed by atoms with E-state index in [0.717, 1.165) is 5.71 Å². The Balaban J connectivity index is 2.07. The summed E-state index contributed by atoms with van der Waals surface area (Å²) in [6.07, 6.45) is 0. The van der Waals surface area contributed by atoms with Crippen LogP contribution in [0.15, 0.2) is 14.9 Å². The fourth-order valence-electron chi connectivity index (χ4n) is 1.21. The third kappa shape index (κ3) is 1.31. The van der Waals surface area contributed by atoms with Crippen molar-refractivity contribution in [2.75, 3.05) is 5.75 Å². The van der Waals surface area contributed by atoms with Gasteiger partial charge in [-0.3, -0.25) is 0 Å². The molecule has 2 aromatic rings. The van der Waals surface area contributed by atoms with Crippen molar-refractivity contribution in [2.24, 2.45) is 5.10 Å². The number of aromatic nitrogens is 6. The maximum absolute atomic E-state index is 4.62. The van der Waals surface area contributed by atoms with E-state index in [-0.39, 0.29) is 0 Å². The summed E-state index contributed by atoms with van der Waals surface area (Å²) in [4.78, 5) is 1.37. The zero-order chi connectivity index (χ0) is 10.3. The van der Waals surface area contributed by atoms with E-state index >= 15 is 0 Å². The summed E-state index contributed by atoms with van der Waals surface area (Å²) < 4.78 is 4.62. The van der Waals surface area contributed by atoms with Crippen LogP contribution in [0, 0.1) is 6.92 Å². The first-order valence-electron chi connectivity index (χ1n) is 4.13. The third-order valence-electron chi connectivity index (χ3n) is 1.91. The lowest BCUT2D eigenvalue weighted by Gasteiger charge is -2.07. The van der Waals surface area contributed by atoms with Gasteiger partial charge in [-0.25, -0.2) is 4.63 Å². The van der Waals surface area contributed by atoms with Gasteiger partial charge in [-0.1, -0.05) is 22.0 Å². The minimum Gasteiger partial charge on any atom is -0.244 e. The SMILES string of the molecule is Cc1nonc1C1=Nn2nnnc2SC1. The molecule has 3 rings (SSSR count). The molecule has 76 valence electrons. The quantitative estimate of drug-likeness (QED) is 0.656. The molecule has 0 unspecified atom stereocenters. The Labute approximate surface area is 87.7 Å². The normalized spacial score (nSPS) is 14.9. The number of thioether (sulfide) groups is 1. The fourth-order valence-corrected chi connectivity index (χ4v) is 1.96. The molecule has 1 aliphatic heterocycles. The number of nitrogens with zero attached hydrogens (tertiary/aromatic N) is 7. The van der Waals surface area contributed by atoms with E-state index in [9.17, 15) is 0 Å². The van der Waals surface area contributed by atoms with Crippen LogP contribution in [-0.2, 0) is 0 Å². The molecule has 0 saturated heterocycles. The predicted molar refractivity (Wildman–Crippen MR) is 49.5 cm³/mol. The maximum Gasteiger partial charge on any atom is 0.233 e. The lowest BCUT2D eigenvalue weighted by molar-refractivity contribution is 0.304. The summed E-state index contributed by atoms with van der Waals surface area (Å²) in [5.74, 6) is 0.662. The number of fused-ring (bicyclic) bond motifs is 1. The summed E-state index contributed by atoms with van der Waals surface area (Å²) in [5, 5.41) is 23.4. The molecular formula is C6H5N7OS. The molecule has 0 spiro atoms. The summed E-state index contributed by atoms with van der Waals surface area (Å²) in [5.41, 5.74) is 2.13. The molecular weight excluding hydrogens is 218 g/mol. The van der Waals surface area contributed by atoms with Crippen LogP contribution in [0.25, 0.3) is 0 Å². The van der Waals surface area contributed by atoms with Crippen molar-refractivity contribution in [3.05, 3.63) is 11.4 Å². The van der Waals surface area contributed by atoms with Gasteiger partial charge in [0.15, 0.2) is 5.69 Å². The van der Waals surface area contributed by atoms with Gasteiger partial charge in [0.25, 0.3) is 0 Å². The van der Waals surface area contributed by atoms with E-state index in [1.165, 1.54) is 16.6 Å². The fraction of sp³-hybridized carbons (Fsp3) is 0.333. The number of hydrogen-bond acceptors (Lipinski definition) is 8. The summed E-state index contributed by atoms with van der Waals surface area (Å²) in [7, 11) is 0. The number of hydrogen-bond donors (Lipinski definition) is 0. The summed E-state index contributed by atoms with van der Waals surface area (Å²) in [6.45, 7) is 1.81. The molecule has 0 radical (unpaired) electrons. The molecule has 0 aromatic carbocycles. The molecule has 0 atom stereocenters. The van der Waals surface area contributed by atoms with Gasteiger partial charge in [0.2, 0.25) is 5.16 Å². The lowest BCUT2D eigenvalue weighted by atomic mass is 10.2. The van der Waals surface area contributed by atoms with Crippen LogP contribution >= 0.6 is 11.8 Å². The highest BCUT2D eigenvalue weighted by atomic mass is 32.2. The van der Waals surface area contributed by atoms with E-state index < -0.39 is 0 Å². The molecule has 0 bridgehead atoms. The first-order valence-corrected chi connectivity index (χ1v) is 5.12. The van der Waals surface area contributed by atoms with Crippen LogP contribution in [-0.4, -0.2) is 42.1 Å². The first kappa shape index (κ1) is 8.53. The first-order chi connectivity index (χ1) is 7.34. The Morgan fingerprint density at radius 1 is 1.40 bits per heavy atom. The van der Waals surface area contributed by atoms with Gasteiger partial charge in [0.1, 0.15) is 11.4 Å². The molecule has 0 aliphatic carbocycles. The zero-order valence-corrected chi connectivity index (χ0v) is 8.47. The Morgan fingerprint density at radius 2 is 2.33 bits per heavy atom. The standard InChI is InChI=1S/C6H5N7OS/c1-3-5(10-14-9-3)4-2-15-6-7-11-12-13(6)8-4/h2H2,1H3. The molecule has 0 fully saturated rings. The number of aryl methyl sites for hydroxylation is 1. The van der Waals surface area contributed by atoms with Crippen molar-refractivity contribution in [1.29, 1.82) is 0 Å². The van der Waals surface area contributed by atoms with Gasteiger partial charge in [-0.2, -0.15) is 0 Å². The van der Waals surface area contributed by atoms with Crippen molar-refractivity contribution in [3.63, 3.8) is 0 Å². The van der Waals surface area contributed by atoms with Gasteiger partial charge < -0.3 is 0 Å². The van der Waals surface area contributed by atoms with Crippen molar-refractivity contribution < 1.29 is 4.63 Å². The Kier molecular flexibility index (Phi) is 1.78. The topological polar surface area (TPSA) is 94.9 Å². The highest BCUT2D eigenvalue weighted by Crippen LogP contribution is 2.20. The van der Waals surface area contributed by atoms with E-state index in [4.69, 9.17) is 0 Å². The molecule has 3 heterocycles. The number of tetrazole rings is 1. The maximum atomic E-state index is 4.62. The van der Waals surface area contributed by atoms with Crippen LogP contribution in [0.3, 0.4) is 0 Å². The molecule has 0 amide bonds. The molecule has 2 aromatic heterocycles. The smallest absolute Gasteiger partial charge is 0.233 e. The molecule has 9 heteroatoms. The Bertz CT molecular complexity index is 529. The monoisotopic (exact) mass is 223 g/mol. The lowest BCUT2D eigenvalue weighted by Crippen LogP contribution is -2.15. The third-order valence-corrected chi connectivity index (χ3v) is 2.83. The Morgan fingerprint density at radius 3 is 3.13 bits per heavy atom. The number of rotatable bonds is 1. The second-order valence-electron chi connectivity index (χ2n) is 2.88. The van der Waals surface area contributed by atoms with Crippen molar-refractivity contribution >= 4 is 17.5 Å². The molecule has 8 nitrogen and oxygen atoms in total. The molecule has 0 N–H and O–H groups in total. The second-order valence-corrected chi connectivity index (χ2v) is 3.83. The average Bonchev–Trinajstić information content (AvgIpc) is 2.84. The van der Waals surface area contributed by atoms with E-state index in [0.29, 0.717) is 22.3 Å². The largest absolute Gasteiger partial charge is 0.244 e. The van der Waals surface area contributed by atoms with Gasteiger partial charge in [-0.05, 0) is 22.5 Å². The highest BCUT2D eigenvalue weighted by molar-refractivity contribution is 7.99. The van der Waals surface area contributed by atoms with E-state index in [2.05, 4.69) is 35.6 Å². The van der Waals surface area contributed by atoms with Gasteiger partial charge >= 0.3 is 0 Å². The minimum atomic E-state index is 0.656. The van der Waals surface area contributed by atoms with Crippen molar-refractivity contribution in [3.8, 4) is 0 Å². The summed E-state index contributed by atoms with van der Waals surface area (Å²) >= 11 is 1.50. The van der Waals surface area contributed by atoms with Crippen molar-refractivity contribution in [2.45, 2.75) is 12.1 Å². The minimum absolute atomic E-state index is 0.656. The van der Waals surface area contributed by atoms with Gasteiger partial charge in [-0.15, -0.1) is 9.89 Å². The van der Waals surface area contributed by atoms with Gasteiger partial charge in [0, 0.05) is 5.75 Å². The summed E-state index contributed by atoms with van der Waals surface area (Å²) in [6, 6.07) is 0. The molecule has 1 aliphatic rings. The highest BCUT2D eigenvalue weighted by Gasteiger charge is 2.20. The van der Waals surface area contributed by atoms with E-state index in [1.807, 2.05) is 6.92 Å². The van der Waals surface area contributed by atoms with Gasteiger partial charge in [0.05, 0.1) is 0 Å². The van der Waals surface area contributed by atoms with Crippen LogP contribution in [0.1, 0.15) is 11.4 Å². The molecule has 15 heavy (non-hydrogen) atoms. The average molecular weight is 223 g/mol. The van der Waals surface area contributed by atoms with Crippen LogP contribution < -0.4 is 0 Å². The zero-order valence-electron chi connectivity index (χ0n) is 7.65. The molecule has 0 saturated carbocycles.